The van der Waals surface area contributed by atoms with E-state index in [2.05, 4.69) is 0 Å². The minimum absolute atomic E-state index is 0. The van der Waals surface area contributed by atoms with Crippen LogP contribution in [0.25, 0.3) is 0 Å². The summed E-state index contributed by atoms with van der Waals surface area (Å²) in [6, 6.07) is 0. The van der Waals surface area contributed by atoms with E-state index in [4.69, 9.17) is 18.1 Å². The molecule has 8 nitrogen and oxygen atoms in total. The molecule has 0 aliphatic carbocycles. The summed E-state index contributed by atoms with van der Waals surface area (Å²) >= 11 is -0.639. The highest BCUT2D eigenvalue weighted by atomic mass is 35.6. The topological polar surface area (TPSA) is 209 Å². The van der Waals surface area contributed by atoms with E-state index in [9.17, 15) is 4.79 Å². The summed E-state index contributed by atoms with van der Waals surface area (Å²) in [7, 11) is 11.6. The minimum atomic E-state index is -0.639. The largest absolute Gasteiger partial charge is 0.618 e. The number of likely N-dealkylation sites (tertiary alicyclic amines) is 1. The number of carbonyl (C=O) groups excluding carboxylic acids is 1. The van der Waals surface area contributed by atoms with Crippen LogP contribution in [-0.2, 0) is 4.79 Å². The molecule has 1 aliphatic heterocycles. The van der Waals surface area contributed by atoms with Crippen LogP contribution < -0.4 is 0 Å². The Morgan fingerprint density at radius 1 is 1.06 bits per heavy atom. The number of halogens is 2. The Kier molecular flexibility index (Phi) is 81.1. The van der Waals surface area contributed by atoms with Gasteiger partial charge in [0.25, 0.3) is 0 Å². The molecule has 16 heavy (non-hydrogen) atoms. The second-order valence-electron chi connectivity index (χ2n) is 2.02. The minimum Gasteiger partial charge on any atom is -0.412 e. The van der Waals surface area contributed by atoms with E-state index in [0.717, 1.165) is 19.4 Å². The molecule has 0 unspecified atom stereocenters. The fourth-order valence-corrected chi connectivity index (χ4v) is 0.783. The van der Waals surface area contributed by atoms with Crippen LogP contribution in [0.2, 0.25) is 0 Å². The lowest BCUT2D eigenvalue weighted by Crippen LogP contribution is -2.17. The summed E-state index contributed by atoms with van der Waals surface area (Å²) in [5.41, 5.74) is 0. The Morgan fingerprint density at radius 2 is 1.38 bits per heavy atom. The molecule has 1 aliphatic rings. The molecular weight excluding hydrogens is 281 g/mol. The Hall–Kier alpha value is 0.576. The first-order valence-corrected chi connectivity index (χ1v) is 7.36. The van der Waals surface area contributed by atoms with Crippen molar-refractivity contribution in [3.05, 3.63) is 0 Å². The van der Waals surface area contributed by atoms with E-state index in [0.29, 0.717) is 5.91 Å². The summed E-state index contributed by atoms with van der Waals surface area (Å²) in [5, 5.41) is 0. The molecule has 1 saturated heterocycles. The first-order chi connectivity index (χ1) is 4.72. The number of nitrogens with zero attached hydrogens (tertiary/aromatic N) is 1. The zero-order valence-electron chi connectivity index (χ0n) is 8.94. The third kappa shape index (κ3) is 24.0. The van der Waals surface area contributed by atoms with E-state index in [-0.39, 0.29) is 32.9 Å². The Labute approximate surface area is 111 Å². The molecule has 0 spiro atoms. The highest BCUT2D eigenvalue weighted by molar-refractivity contribution is 7.22. The molecule has 104 valence electrons. The van der Waals surface area contributed by atoms with E-state index in [1.807, 2.05) is 7.05 Å². The van der Waals surface area contributed by atoms with Gasteiger partial charge in [-0.3, -0.25) is 4.79 Å². The maximum Gasteiger partial charge on any atom is 0.618 e. The van der Waals surface area contributed by atoms with Gasteiger partial charge in [0.1, 0.15) is 0 Å². The highest BCUT2D eigenvalue weighted by Gasteiger charge is 2.14. The van der Waals surface area contributed by atoms with E-state index in [1.54, 1.807) is 4.90 Å². The molecule has 1 rings (SSSR count). The molecule has 0 aromatic rings. The van der Waals surface area contributed by atoms with Crippen molar-refractivity contribution in [1.82, 2.24) is 4.90 Å². The van der Waals surface area contributed by atoms with Gasteiger partial charge in [-0.15, -0.1) is 0 Å². The van der Waals surface area contributed by atoms with Gasteiger partial charge in [-0.1, -0.05) is 0 Å². The average molecular weight is 302 g/mol. The molecule has 1 amide bonds. The maximum atomic E-state index is 10.5. The average Bonchev–Trinajstić information content (AvgIpc) is 2.19. The molecule has 11 heteroatoms. The van der Waals surface area contributed by atoms with Gasteiger partial charge in [-0.25, -0.2) is 0 Å². The van der Waals surface area contributed by atoms with Crippen LogP contribution in [0.1, 0.15) is 12.8 Å². The maximum absolute atomic E-state index is 10.5. The van der Waals surface area contributed by atoms with Gasteiger partial charge < -0.3 is 55.9 Å². The third-order valence-corrected chi connectivity index (χ3v) is 1.31. The molecule has 0 radical (unpaired) electrons. The van der Waals surface area contributed by atoms with Crippen molar-refractivity contribution in [3.63, 3.8) is 0 Å². The lowest BCUT2D eigenvalue weighted by atomic mass is 10.4. The first kappa shape index (κ1) is 43.9. The number of carbonyl (C=O) groups is 1. The normalized spacial score (nSPS) is 9.94. The van der Waals surface area contributed by atoms with E-state index < -0.39 is 18.2 Å². The summed E-state index contributed by atoms with van der Waals surface area (Å²) in [5.74, 6) is 0.292. The molecule has 1 fully saturated rings. The van der Waals surface area contributed by atoms with Crippen LogP contribution >= 0.6 is 18.1 Å². The van der Waals surface area contributed by atoms with Crippen LogP contribution in [0.4, 0.5) is 0 Å². The summed E-state index contributed by atoms with van der Waals surface area (Å²) < 4.78 is 0. The van der Waals surface area contributed by atoms with Gasteiger partial charge in [0.15, 0.2) is 0 Å². The summed E-state index contributed by atoms with van der Waals surface area (Å²) in [6.45, 7) is 0.957. The van der Waals surface area contributed by atoms with Crippen molar-refractivity contribution >= 4 is 42.2 Å². The summed E-state index contributed by atoms with van der Waals surface area (Å²) in [4.78, 5) is 12.3. The Morgan fingerprint density at radius 3 is 1.44 bits per heavy atom. The number of amides is 1. The van der Waals surface area contributed by atoms with Crippen LogP contribution in [-0.4, -0.2) is 75.4 Å². The monoisotopic (exact) mass is 301 g/mol. The second-order valence-corrected chi connectivity index (χ2v) is 4.65. The van der Waals surface area contributed by atoms with Crippen molar-refractivity contribution in [2.24, 2.45) is 0 Å². The molecule has 0 aromatic heterocycles. The number of rotatable bonds is 0. The van der Waals surface area contributed by atoms with Crippen LogP contribution in [0.3, 0.4) is 0 Å². The SMILES string of the molecule is CN1CCCC1=O.O.O.O.O.O.O.[Cl][Mg][Cl]. The first-order valence-electron chi connectivity index (χ1n) is 3.08. The Balaban J connectivity index is -0.0000000168. The van der Waals surface area contributed by atoms with Crippen molar-refractivity contribution in [3.8, 4) is 0 Å². The lowest BCUT2D eigenvalue weighted by Gasteiger charge is -2.03. The molecule has 0 aromatic carbocycles. The predicted molar refractivity (Wildman–Crippen MR) is 66.0 cm³/mol. The zero-order valence-corrected chi connectivity index (χ0v) is 11.9. The molecular formula is C5H21Cl2MgNO7. The molecule has 0 bridgehead atoms. The van der Waals surface area contributed by atoms with Crippen LogP contribution in [0, 0.1) is 0 Å². The predicted octanol–water partition coefficient (Wildman–Crippen LogP) is -3.71. The third-order valence-electron chi connectivity index (χ3n) is 1.31. The van der Waals surface area contributed by atoms with Gasteiger partial charge >= 0.3 is 18.2 Å². The Bertz CT molecular complexity index is 123. The number of hydrogen-bond donors (Lipinski definition) is 0. The molecule has 12 N–H and O–H groups in total. The molecule has 1 heterocycles. The lowest BCUT2D eigenvalue weighted by molar-refractivity contribution is -0.126. The smallest absolute Gasteiger partial charge is 0.412 e. The van der Waals surface area contributed by atoms with Gasteiger partial charge in [-0.2, -0.15) is 0 Å². The van der Waals surface area contributed by atoms with Crippen LogP contribution in [0.15, 0.2) is 0 Å². The second kappa shape index (κ2) is 29.6. The van der Waals surface area contributed by atoms with Crippen LogP contribution in [0.5, 0.6) is 0 Å². The highest BCUT2D eigenvalue weighted by Crippen LogP contribution is 2.04. The fraction of sp³-hybridized carbons (Fsp3) is 0.800. The quantitative estimate of drug-likeness (QED) is 0.406. The van der Waals surface area contributed by atoms with Crippen molar-refractivity contribution < 1.29 is 37.7 Å². The molecule has 0 atom stereocenters. The van der Waals surface area contributed by atoms with E-state index in [1.165, 1.54) is 0 Å². The van der Waals surface area contributed by atoms with Gasteiger partial charge in [0.05, 0.1) is 0 Å². The fourth-order valence-electron chi connectivity index (χ4n) is 0.783. The van der Waals surface area contributed by atoms with Gasteiger partial charge in [0.2, 0.25) is 5.91 Å². The van der Waals surface area contributed by atoms with Crippen molar-refractivity contribution in [1.29, 1.82) is 0 Å². The van der Waals surface area contributed by atoms with Gasteiger partial charge in [0, 0.05) is 20.0 Å². The van der Waals surface area contributed by atoms with Gasteiger partial charge in [-0.05, 0) is 6.42 Å². The zero-order chi connectivity index (χ0) is 7.98. The summed E-state index contributed by atoms with van der Waals surface area (Å²) in [6.07, 6.45) is 1.81. The van der Waals surface area contributed by atoms with E-state index >= 15 is 0 Å². The van der Waals surface area contributed by atoms with Crippen molar-refractivity contribution in [2.75, 3.05) is 13.6 Å². The number of hydrogen-bond acceptors (Lipinski definition) is 1. The standard InChI is InChI=1S/C5H9NO.2ClH.Mg.6H2O/c1-6-4-2-3-5(6)7;;;;;;;;;/h2-4H2,1H3;2*1H;;6*1H2/q;;;+2;;;;;;/p-2. The van der Waals surface area contributed by atoms with Crippen molar-refractivity contribution in [2.45, 2.75) is 12.8 Å². The molecule has 0 saturated carbocycles.